The van der Waals surface area contributed by atoms with Gasteiger partial charge in [-0.1, -0.05) is 6.07 Å². The summed E-state index contributed by atoms with van der Waals surface area (Å²) < 4.78 is 0. The van der Waals surface area contributed by atoms with Crippen LogP contribution in [0.3, 0.4) is 0 Å². The number of likely N-dealkylation sites (N-methyl/N-ethyl adjacent to an activating group) is 1. The molecule has 4 heteroatoms. The predicted molar refractivity (Wildman–Crippen MR) is 59.2 cm³/mol. The Morgan fingerprint density at radius 2 is 2.21 bits per heavy atom. The maximum atomic E-state index is 11.6. The second-order valence-electron chi connectivity index (χ2n) is 3.43. The van der Waals surface area contributed by atoms with Crippen molar-refractivity contribution in [1.82, 2.24) is 4.90 Å². The van der Waals surface area contributed by atoms with Crippen molar-refractivity contribution in [3.05, 3.63) is 22.4 Å². The van der Waals surface area contributed by atoms with Crippen LogP contribution in [0.1, 0.15) is 24.8 Å². The summed E-state index contributed by atoms with van der Waals surface area (Å²) in [5.41, 5.74) is 5.54. The minimum Gasteiger partial charge on any atom is -0.337 e. The Morgan fingerprint density at radius 1 is 1.57 bits per heavy atom. The highest BCUT2D eigenvalue weighted by atomic mass is 32.1. The van der Waals surface area contributed by atoms with Crippen LogP contribution in [0.25, 0.3) is 0 Å². The fourth-order valence-electron chi connectivity index (χ4n) is 1.23. The van der Waals surface area contributed by atoms with Crippen LogP contribution in [0.15, 0.2) is 17.5 Å². The molecule has 1 amide bonds. The van der Waals surface area contributed by atoms with Crippen LogP contribution in [0, 0.1) is 0 Å². The van der Waals surface area contributed by atoms with Crippen LogP contribution in [0.5, 0.6) is 0 Å². The van der Waals surface area contributed by atoms with Crippen LogP contribution < -0.4 is 5.73 Å². The van der Waals surface area contributed by atoms with E-state index in [0.29, 0.717) is 0 Å². The first-order valence-corrected chi connectivity index (χ1v) is 5.47. The summed E-state index contributed by atoms with van der Waals surface area (Å²) in [6.45, 7) is 3.71. The van der Waals surface area contributed by atoms with Gasteiger partial charge in [0.15, 0.2) is 0 Å². The lowest BCUT2D eigenvalue weighted by molar-refractivity contribution is -0.132. The van der Waals surface area contributed by atoms with Crippen LogP contribution in [-0.4, -0.2) is 23.9 Å². The average Bonchev–Trinajstić information content (AvgIpc) is 2.67. The number of rotatable bonds is 3. The summed E-state index contributed by atoms with van der Waals surface area (Å²) in [5, 5.41) is 2.01. The van der Waals surface area contributed by atoms with E-state index in [2.05, 4.69) is 0 Å². The van der Waals surface area contributed by atoms with Gasteiger partial charge in [-0.05, 0) is 25.3 Å². The van der Waals surface area contributed by atoms with E-state index in [1.54, 1.807) is 30.2 Å². The Bertz CT molecular complexity index is 295. The summed E-state index contributed by atoms with van der Waals surface area (Å²) in [6.07, 6.45) is 0. The number of carbonyl (C=O) groups excluding carboxylic acids is 1. The molecule has 3 nitrogen and oxygen atoms in total. The number of amides is 1. The van der Waals surface area contributed by atoms with E-state index < -0.39 is 6.04 Å². The summed E-state index contributed by atoms with van der Waals surface area (Å²) >= 11 is 1.65. The van der Waals surface area contributed by atoms with Gasteiger partial charge in [-0.15, -0.1) is 11.3 Å². The van der Waals surface area contributed by atoms with E-state index in [1.165, 1.54) is 4.88 Å². The highest BCUT2D eigenvalue weighted by molar-refractivity contribution is 7.10. The standard InChI is InChI=1S/C10H16N2OS/c1-7(11)10(13)12(3)8(2)9-5-4-6-14-9/h4-8H,11H2,1-3H3/t7-,8?/m0/s1. The SMILES string of the molecule is CC(c1cccs1)N(C)C(=O)[C@H](C)N. The van der Waals surface area contributed by atoms with E-state index in [4.69, 9.17) is 5.73 Å². The van der Waals surface area contributed by atoms with Gasteiger partial charge in [-0.2, -0.15) is 0 Å². The molecule has 1 unspecified atom stereocenters. The molecule has 78 valence electrons. The zero-order chi connectivity index (χ0) is 10.7. The van der Waals surface area contributed by atoms with E-state index in [9.17, 15) is 4.79 Å². The molecule has 1 aromatic rings. The zero-order valence-electron chi connectivity index (χ0n) is 8.73. The molecule has 2 atom stereocenters. The minimum absolute atomic E-state index is 0.0223. The molecule has 2 N–H and O–H groups in total. The highest BCUT2D eigenvalue weighted by Crippen LogP contribution is 2.23. The Balaban J connectivity index is 2.70. The zero-order valence-corrected chi connectivity index (χ0v) is 9.54. The van der Waals surface area contributed by atoms with Crippen LogP contribution in [-0.2, 0) is 4.79 Å². The molecule has 0 fully saturated rings. The van der Waals surface area contributed by atoms with Gasteiger partial charge in [0.25, 0.3) is 0 Å². The fourth-order valence-corrected chi connectivity index (χ4v) is 2.06. The summed E-state index contributed by atoms with van der Waals surface area (Å²) in [6, 6.07) is 3.69. The number of carbonyl (C=O) groups is 1. The first-order valence-electron chi connectivity index (χ1n) is 4.59. The Kier molecular flexibility index (Phi) is 3.66. The first kappa shape index (κ1) is 11.2. The van der Waals surface area contributed by atoms with Gasteiger partial charge < -0.3 is 10.6 Å². The molecular formula is C10H16N2OS. The maximum absolute atomic E-state index is 11.6. The van der Waals surface area contributed by atoms with Gasteiger partial charge in [0.2, 0.25) is 5.91 Å². The third-order valence-corrected chi connectivity index (χ3v) is 3.32. The van der Waals surface area contributed by atoms with Crippen molar-refractivity contribution in [2.45, 2.75) is 25.9 Å². The largest absolute Gasteiger partial charge is 0.337 e. The quantitative estimate of drug-likeness (QED) is 0.827. The molecule has 0 aromatic carbocycles. The van der Waals surface area contributed by atoms with Crippen LogP contribution in [0.2, 0.25) is 0 Å². The van der Waals surface area contributed by atoms with Crippen molar-refractivity contribution >= 4 is 17.2 Å². The van der Waals surface area contributed by atoms with Gasteiger partial charge in [-0.25, -0.2) is 0 Å². The van der Waals surface area contributed by atoms with Crippen molar-refractivity contribution in [3.8, 4) is 0 Å². The Morgan fingerprint density at radius 3 is 2.64 bits per heavy atom. The van der Waals surface area contributed by atoms with Crippen molar-refractivity contribution in [2.75, 3.05) is 7.05 Å². The van der Waals surface area contributed by atoms with Crippen molar-refractivity contribution in [3.63, 3.8) is 0 Å². The second kappa shape index (κ2) is 4.57. The molecule has 1 rings (SSSR count). The third-order valence-electron chi connectivity index (χ3n) is 2.27. The average molecular weight is 212 g/mol. The summed E-state index contributed by atoms with van der Waals surface area (Å²) in [5.74, 6) is -0.0223. The van der Waals surface area contributed by atoms with E-state index in [-0.39, 0.29) is 11.9 Å². The monoisotopic (exact) mass is 212 g/mol. The second-order valence-corrected chi connectivity index (χ2v) is 4.41. The normalized spacial score (nSPS) is 14.9. The van der Waals surface area contributed by atoms with Crippen molar-refractivity contribution in [1.29, 1.82) is 0 Å². The van der Waals surface area contributed by atoms with E-state index >= 15 is 0 Å². The summed E-state index contributed by atoms with van der Waals surface area (Å²) in [4.78, 5) is 14.5. The number of hydrogen-bond acceptors (Lipinski definition) is 3. The molecule has 0 aliphatic carbocycles. The first-order chi connectivity index (χ1) is 6.54. The number of nitrogens with two attached hydrogens (primary N) is 1. The molecule has 0 radical (unpaired) electrons. The summed E-state index contributed by atoms with van der Waals surface area (Å²) in [7, 11) is 1.79. The molecule has 14 heavy (non-hydrogen) atoms. The van der Waals surface area contributed by atoms with Crippen molar-refractivity contribution < 1.29 is 4.79 Å². The molecule has 0 spiro atoms. The number of hydrogen-bond donors (Lipinski definition) is 1. The molecule has 0 saturated heterocycles. The predicted octanol–water partition coefficient (Wildman–Crippen LogP) is 1.61. The fraction of sp³-hybridized carbons (Fsp3) is 0.500. The molecule has 1 aromatic heterocycles. The number of thiophene rings is 1. The van der Waals surface area contributed by atoms with Crippen LogP contribution >= 0.6 is 11.3 Å². The Hall–Kier alpha value is -0.870. The highest BCUT2D eigenvalue weighted by Gasteiger charge is 2.20. The van der Waals surface area contributed by atoms with Gasteiger partial charge >= 0.3 is 0 Å². The lowest BCUT2D eigenvalue weighted by atomic mass is 10.2. The number of nitrogens with zero attached hydrogens (tertiary/aromatic N) is 1. The van der Waals surface area contributed by atoms with Gasteiger partial charge in [0.1, 0.15) is 0 Å². The minimum atomic E-state index is -0.428. The smallest absolute Gasteiger partial charge is 0.239 e. The Labute approximate surface area is 88.5 Å². The topological polar surface area (TPSA) is 46.3 Å². The van der Waals surface area contributed by atoms with Crippen molar-refractivity contribution in [2.24, 2.45) is 5.73 Å². The molecule has 0 aliphatic heterocycles. The lowest BCUT2D eigenvalue weighted by Crippen LogP contribution is -2.40. The third kappa shape index (κ3) is 2.33. The molecule has 1 heterocycles. The molecule has 0 bridgehead atoms. The van der Waals surface area contributed by atoms with Crippen LogP contribution in [0.4, 0.5) is 0 Å². The molecule has 0 aliphatic rings. The molecule has 0 saturated carbocycles. The lowest BCUT2D eigenvalue weighted by Gasteiger charge is -2.25. The maximum Gasteiger partial charge on any atom is 0.239 e. The van der Waals surface area contributed by atoms with Gasteiger partial charge in [0.05, 0.1) is 12.1 Å². The van der Waals surface area contributed by atoms with Gasteiger partial charge in [-0.3, -0.25) is 4.79 Å². The van der Waals surface area contributed by atoms with E-state index in [1.807, 2.05) is 24.4 Å². The molecular weight excluding hydrogens is 196 g/mol. The van der Waals surface area contributed by atoms with Gasteiger partial charge in [0, 0.05) is 11.9 Å². The van der Waals surface area contributed by atoms with E-state index in [0.717, 1.165) is 0 Å².